The third-order valence-corrected chi connectivity index (χ3v) is 2.98. The summed E-state index contributed by atoms with van der Waals surface area (Å²) < 4.78 is 0. The van der Waals surface area contributed by atoms with E-state index in [1.165, 1.54) is 6.20 Å². The second kappa shape index (κ2) is 5.85. The first-order chi connectivity index (χ1) is 8.66. The maximum absolute atomic E-state index is 11.8. The molecule has 0 radical (unpaired) electrons. The molecule has 5 heteroatoms. The number of amides is 1. The van der Waals surface area contributed by atoms with Crippen LogP contribution in [0.1, 0.15) is 15.9 Å². The van der Waals surface area contributed by atoms with Crippen molar-refractivity contribution in [3.05, 3.63) is 63.9 Å². The molecule has 0 saturated carbocycles. The maximum Gasteiger partial charge on any atom is 0.253 e. The van der Waals surface area contributed by atoms with E-state index in [9.17, 15) is 4.79 Å². The van der Waals surface area contributed by atoms with Crippen LogP contribution in [0.2, 0.25) is 10.2 Å². The fourth-order valence-electron chi connectivity index (χ4n) is 1.43. The molecule has 92 valence electrons. The summed E-state index contributed by atoms with van der Waals surface area (Å²) in [7, 11) is 0. The summed E-state index contributed by atoms with van der Waals surface area (Å²) in [4.78, 5) is 15.7. The van der Waals surface area contributed by atoms with Crippen LogP contribution in [0.15, 0.2) is 42.6 Å². The van der Waals surface area contributed by atoms with Gasteiger partial charge >= 0.3 is 0 Å². The third kappa shape index (κ3) is 3.22. The van der Waals surface area contributed by atoms with Crippen molar-refractivity contribution in [1.82, 2.24) is 10.3 Å². The van der Waals surface area contributed by atoms with Crippen LogP contribution in [0.25, 0.3) is 0 Å². The molecule has 2 aromatic rings. The van der Waals surface area contributed by atoms with Crippen LogP contribution in [0, 0.1) is 0 Å². The van der Waals surface area contributed by atoms with E-state index in [0.29, 0.717) is 22.3 Å². The van der Waals surface area contributed by atoms with Crippen LogP contribution in [0.4, 0.5) is 0 Å². The van der Waals surface area contributed by atoms with Crippen molar-refractivity contribution in [1.29, 1.82) is 0 Å². The standard InChI is InChI=1S/C13H10Cl2N2O/c14-11-4-2-1-3-9(11)7-17-13(18)10-5-6-12(15)16-8-10/h1-6,8H,7H2,(H,17,18). The smallest absolute Gasteiger partial charge is 0.253 e. The largest absolute Gasteiger partial charge is 0.348 e. The summed E-state index contributed by atoms with van der Waals surface area (Å²) in [6, 6.07) is 10.6. The summed E-state index contributed by atoms with van der Waals surface area (Å²) in [5.74, 6) is -0.209. The Morgan fingerprint density at radius 2 is 1.94 bits per heavy atom. The second-order valence-electron chi connectivity index (χ2n) is 3.64. The number of carbonyl (C=O) groups excluding carboxylic acids is 1. The number of pyridine rings is 1. The Morgan fingerprint density at radius 1 is 1.17 bits per heavy atom. The van der Waals surface area contributed by atoms with Crippen molar-refractivity contribution in [2.75, 3.05) is 0 Å². The molecule has 1 aromatic heterocycles. The van der Waals surface area contributed by atoms with E-state index < -0.39 is 0 Å². The monoisotopic (exact) mass is 280 g/mol. The van der Waals surface area contributed by atoms with E-state index in [4.69, 9.17) is 23.2 Å². The van der Waals surface area contributed by atoms with E-state index >= 15 is 0 Å². The van der Waals surface area contributed by atoms with Gasteiger partial charge in [-0.15, -0.1) is 0 Å². The predicted octanol–water partition coefficient (Wildman–Crippen LogP) is 3.32. The Balaban J connectivity index is 2.01. The molecular weight excluding hydrogens is 271 g/mol. The fourth-order valence-corrected chi connectivity index (χ4v) is 1.74. The highest BCUT2D eigenvalue weighted by molar-refractivity contribution is 6.31. The van der Waals surface area contributed by atoms with Gasteiger partial charge < -0.3 is 5.32 Å². The Bertz CT molecular complexity index is 555. The number of halogens is 2. The topological polar surface area (TPSA) is 42.0 Å². The quantitative estimate of drug-likeness (QED) is 0.877. The van der Waals surface area contributed by atoms with Gasteiger partial charge in [-0.2, -0.15) is 0 Å². The Labute approximate surface area is 115 Å². The third-order valence-electron chi connectivity index (χ3n) is 2.39. The van der Waals surface area contributed by atoms with Crippen molar-refractivity contribution in [2.45, 2.75) is 6.54 Å². The molecule has 3 nitrogen and oxygen atoms in total. The van der Waals surface area contributed by atoms with Crippen LogP contribution >= 0.6 is 23.2 Å². The summed E-state index contributed by atoms with van der Waals surface area (Å²) in [5.41, 5.74) is 1.33. The van der Waals surface area contributed by atoms with Gasteiger partial charge in [0.25, 0.3) is 5.91 Å². The average Bonchev–Trinajstić information content (AvgIpc) is 2.38. The highest BCUT2D eigenvalue weighted by atomic mass is 35.5. The predicted molar refractivity (Wildman–Crippen MR) is 71.9 cm³/mol. The molecule has 0 fully saturated rings. The normalized spacial score (nSPS) is 10.1. The van der Waals surface area contributed by atoms with E-state index in [1.807, 2.05) is 18.2 Å². The van der Waals surface area contributed by atoms with Crippen LogP contribution in [-0.2, 0) is 6.54 Å². The van der Waals surface area contributed by atoms with Crippen molar-refractivity contribution >= 4 is 29.1 Å². The molecular formula is C13H10Cl2N2O. The van der Waals surface area contributed by atoms with Gasteiger partial charge in [0, 0.05) is 17.8 Å². The number of carbonyl (C=O) groups is 1. The first-order valence-corrected chi connectivity index (χ1v) is 6.05. The number of nitrogens with one attached hydrogen (secondary N) is 1. The Hall–Kier alpha value is -1.58. The van der Waals surface area contributed by atoms with Crippen molar-refractivity contribution in [2.24, 2.45) is 0 Å². The fraction of sp³-hybridized carbons (Fsp3) is 0.0769. The van der Waals surface area contributed by atoms with E-state index in [-0.39, 0.29) is 5.91 Å². The number of hydrogen-bond acceptors (Lipinski definition) is 2. The Kier molecular flexibility index (Phi) is 4.18. The zero-order valence-corrected chi connectivity index (χ0v) is 10.9. The van der Waals surface area contributed by atoms with Gasteiger partial charge in [-0.25, -0.2) is 4.98 Å². The highest BCUT2D eigenvalue weighted by Gasteiger charge is 2.06. The molecule has 0 atom stereocenters. The van der Waals surface area contributed by atoms with Gasteiger partial charge in [-0.05, 0) is 23.8 Å². The van der Waals surface area contributed by atoms with Gasteiger partial charge in [0.1, 0.15) is 5.15 Å². The molecule has 0 saturated heterocycles. The molecule has 0 bridgehead atoms. The molecule has 0 aliphatic carbocycles. The van der Waals surface area contributed by atoms with Crippen LogP contribution < -0.4 is 5.32 Å². The van der Waals surface area contributed by atoms with Crippen LogP contribution in [0.5, 0.6) is 0 Å². The van der Waals surface area contributed by atoms with Gasteiger partial charge in [0.15, 0.2) is 0 Å². The van der Waals surface area contributed by atoms with Crippen molar-refractivity contribution < 1.29 is 4.79 Å². The molecule has 1 aromatic carbocycles. The molecule has 1 amide bonds. The summed E-state index contributed by atoms with van der Waals surface area (Å²) in [6.07, 6.45) is 1.43. The molecule has 0 aliphatic heterocycles. The lowest BCUT2D eigenvalue weighted by Gasteiger charge is -2.06. The summed E-state index contributed by atoms with van der Waals surface area (Å²) in [5, 5.41) is 3.76. The van der Waals surface area contributed by atoms with Gasteiger partial charge in [-0.1, -0.05) is 41.4 Å². The zero-order chi connectivity index (χ0) is 13.0. The average molecular weight is 281 g/mol. The van der Waals surface area contributed by atoms with E-state index in [0.717, 1.165) is 5.56 Å². The minimum Gasteiger partial charge on any atom is -0.348 e. The first kappa shape index (κ1) is 12.9. The summed E-state index contributed by atoms with van der Waals surface area (Å²) in [6.45, 7) is 0.376. The molecule has 0 unspecified atom stereocenters. The van der Waals surface area contributed by atoms with E-state index in [2.05, 4.69) is 10.3 Å². The molecule has 0 spiro atoms. The number of aromatic nitrogens is 1. The number of hydrogen-bond donors (Lipinski definition) is 1. The first-order valence-electron chi connectivity index (χ1n) is 5.30. The highest BCUT2D eigenvalue weighted by Crippen LogP contribution is 2.14. The molecule has 0 aliphatic rings. The molecule has 1 heterocycles. The van der Waals surface area contributed by atoms with Crippen LogP contribution in [0.3, 0.4) is 0 Å². The minimum absolute atomic E-state index is 0.209. The molecule has 18 heavy (non-hydrogen) atoms. The lowest BCUT2D eigenvalue weighted by atomic mass is 10.2. The van der Waals surface area contributed by atoms with Crippen molar-refractivity contribution in [3.63, 3.8) is 0 Å². The number of rotatable bonds is 3. The second-order valence-corrected chi connectivity index (χ2v) is 4.44. The Morgan fingerprint density at radius 3 is 2.61 bits per heavy atom. The van der Waals surface area contributed by atoms with Gasteiger partial charge in [0.05, 0.1) is 5.56 Å². The van der Waals surface area contributed by atoms with E-state index in [1.54, 1.807) is 18.2 Å². The molecule has 1 N–H and O–H groups in total. The minimum atomic E-state index is -0.209. The zero-order valence-electron chi connectivity index (χ0n) is 9.36. The maximum atomic E-state index is 11.8. The van der Waals surface area contributed by atoms with Gasteiger partial charge in [-0.3, -0.25) is 4.79 Å². The van der Waals surface area contributed by atoms with Gasteiger partial charge in [0.2, 0.25) is 0 Å². The SMILES string of the molecule is O=C(NCc1ccccc1Cl)c1ccc(Cl)nc1. The van der Waals surface area contributed by atoms with Crippen LogP contribution in [-0.4, -0.2) is 10.9 Å². The lowest BCUT2D eigenvalue weighted by Crippen LogP contribution is -2.23. The number of benzene rings is 1. The molecule has 2 rings (SSSR count). The lowest BCUT2D eigenvalue weighted by molar-refractivity contribution is 0.0950. The number of nitrogens with zero attached hydrogens (tertiary/aromatic N) is 1. The van der Waals surface area contributed by atoms with Crippen molar-refractivity contribution in [3.8, 4) is 0 Å². The summed E-state index contributed by atoms with van der Waals surface area (Å²) >= 11 is 11.6.